The molecule has 0 aliphatic carbocycles. The van der Waals surface area contributed by atoms with Crippen LogP contribution >= 0.6 is 0 Å². The summed E-state index contributed by atoms with van der Waals surface area (Å²) < 4.78 is 11.1. The second kappa shape index (κ2) is 4.68. The Balaban J connectivity index is 2.16. The van der Waals surface area contributed by atoms with Crippen molar-refractivity contribution in [1.82, 2.24) is 0 Å². The van der Waals surface area contributed by atoms with Crippen LogP contribution in [0.2, 0.25) is 0 Å². The van der Waals surface area contributed by atoms with E-state index in [0.717, 1.165) is 25.1 Å². The van der Waals surface area contributed by atoms with Crippen molar-refractivity contribution in [3.63, 3.8) is 0 Å². The summed E-state index contributed by atoms with van der Waals surface area (Å²) in [7, 11) is 3.88. The molecule has 0 amide bonds. The summed E-state index contributed by atoms with van der Waals surface area (Å²) >= 11 is 0. The van der Waals surface area contributed by atoms with Gasteiger partial charge < -0.3 is 14.2 Å². The number of nitrogens with zero attached hydrogens (tertiary/aromatic N) is 1. The topological polar surface area (TPSA) is 21.7 Å². The van der Waals surface area contributed by atoms with E-state index in [0.29, 0.717) is 0 Å². The van der Waals surface area contributed by atoms with Gasteiger partial charge in [0.25, 0.3) is 0 Å². The van der Waals surface area contributed by atoms with Crippen LogP contribution in [0.4, 0.5) is 5.69 Å². The zero-order valence-electron chi connectivity index (χ0n) is 9.27. The molecule has 1 fully saturated rings. The summed E-state index contributed by atoms with van der Waals surface area (Å²) in [6.45, 7) is 1.58. The van der Waals surface area contributed by atoms with Crippen molar-refractivity contribution in [2.75, 3.05) is 32.2 Å². The molecule has 80 valence electrons. The maximum absolute atomic E-state index is 5.56. The molecule has 0 radical (unpaired) electrons. The molecule has 1 heterocycles. The number of benzene rings is 1. The molecule has 1 aromatic rings. The van der Waals surface area contributed by atoms with Gasteiger partial charge in [-0.25, -0.2) is 0 Å². The van der Waals surface area contributed by atoms with Gasteiger partial charge in [0, 0.05) is 33.0 Å². The summed E-state index contributed by atoms with van der Waals surface area (Å²) in [6, 6.07) is 8.26. The highest BCUT2D eigenvalue weighted by atomic mass is 16.6. The lowest BCUT2D eigenvalue weighted by Crippen LogP contribution is -2.41. The largest absolute Gasteiger partial charge is 0.493 e. The van der Waals surface area contributed by atoms with Gasteiger partial charge in [0.2, 0.25) is 0 Å². The predicted octanol–water partition coefficient (Wildman–Crippen LogP) is 0.885. The van der Waals surface area contributed by atoms with Crippen LogP contribution in [-0.4, -0.2) is 34.4 Å². The zero-order chi connectivity index (χ0) is 10.7. The van der Waals surface area contributed by atoms with E-state index >= 15 is 0 Å². The van der Waals surface area contributed by atoms with Crippen molar-refractivity contribution in [2.45, 2.75) is 6.42 Å². The number of hydrogen-bond donors (Lipinski definition) is 0. The average molecular weight is 205 g/mol. The molecule has 2 rings (SSSR count). The SMILES string of the molecule is CN(C)c1cccc(B2OCCCO2)c1. The van der Waals surface area contributed by atoms with Gasteiger partial charge in [-0.05, 0) is 24.0 Å². The minimum atomic E-state index is -0.182. The Kier molecular flexibility index (Phi) is 3.28. The molecule has 3 nitrogen and oxygen atoms in total. The van der Waals surface area contributed by atoms with Crippen LogP contribution in [0.15, 0.2) is 24.3 Å². The number of anilines is 1. The lowest BCUT2D eigenvalue weighted by Gasteiger charge is -2.21. The van der Waals surface area contributed by atoms with Crippen LogP contribution in [0.3, 0.4) is 0 Å². The van der Waals surface area contributed by atoms with Crippen LogP contribution in [0.1, 0.15) is 6.42 Å². The smallest absolute Gasteiger partial charge is 0.407 e. The summed E-state index contributed by atoms with van der Waals surface area (Å²) in [4.78, 5) is 2.08. The third-order valence-electron chi connectivity index (χ3n) is 2.49. The molecule has 0 bridgehead atoms. The molecule has 1 aliphatic heterocycles. The molecule has 0 N–H and O–H groups in total. The summed E-state index contributed by atoms with van der Waals surface area (Å²) in [6.07, 6.45) is 0.990. The highest BCUT2D eigenvalue weighted by Crippen LogP contribution is 2.10. The van der Waals surface area contributed by atoms with E-state index in [1.807, 2.05) is 26.2 Å². The first-order valence-electron chi connectivity index (χ1n) is 5.28. The van der Waals surface area contributed by atoms with Crippen molar-refractivity contribution in [2.24, 2.45) is 0 Å². The minimum Gasteiger partial charge on any atom is -0.407 e. The minimum absolute atomic E-state index is 0.182. The Bertz CT molecular complexity index is 324. The third kappa shape index (κ3) is 2.52. The maximum Gasteiger partial charge on any atom is 0.493 e. The van der Waals surface area contributed by atoms with Gasteiger partial charge in [-0.3, -0.25) is 0 Å². The molecule has 1 aliphatic rings. The average Bonchev–Trinajstić information content (AvgIpc) is 2.30. The molecule has 0 spiro atoms. The highest BCUT2D eigenvalue weighted by Gasteiger charge is 2.24. The third-order valence-corrected chi connectivity index (χ3v) is 2.49. The molecule has 1 saturated heterocycles. The van der Waals surface area contributed by atoms with Crippen LogP contribution in [0, 0.1) is 0 Å². The fourth-order valence-electron chi connectivity index (χ4n) is 1.63. The van der Waals surface area contributed by atoms with Crippen molar-refractivity contribution >= 4 is 18.3 Å². The normalized spacial score (nSPS) is 16.5. The van der Waals surface area contributed by atoms with Crippen molar-refractivity contribution in [3.05, 3.63) is 24.3 Å². The molecule has 15 heavy (non-hydrogen) atoms. The Morgan fingerprint density at radius 2 is 1.93 bits per heavy atom. The summed E-state index contributed by atoms with van der Waals surface area (Å²) in [5.74, 6) is 0. The van der Waals surface area contributed by atoms with Crippen molar-refractivity contribution in [3.8, 4) is 0 Å². The van der Waals surface area contributed by atoms with Crippen molar-refractivity contribution < 1.29 is 9.31 Å². The number of rotatable bonds is 2. The van der Waals surface area contributed by atoms with E-state index in [2.05, 4.69) is 17.0 Å². The lowest BCUT2D eigenvalue weighted by atomic mass is 9.78. The fourth-order valence-corrected chi connectivity index (χ4v) is 1.63. The first-order chi connectivity index (χ1) is 7.27. The maximum atomic E-state index is 5.56. The molecule has 0 aromatic heterocycles. The monoisotopic (exact) mass is 205 g/mol. The van der Waals surface area contributed by atoms with E-state index in [1.165, 1.54) is 5.69 Å². The van der Waals surface area contributed by atoms with Crippen LogP contribution in [0.5, 0.6) is 0 Å². The number of hydrogen-bond acceptors (Lipinski definition) is 3. The Labute approximate surface area is 91.1 Å². The van der Waals surface area contributed by atoms with Crippen LogP contribution in [-0.2, 0) is 9.31 Å². The quantitative estimate of drug-likeness (QED) is 0.669. The summed E-state index contributed by atoms with van der Waals surface area (Å²) in [5.41, 5.74) is 2.27. The first-order valence-corrected chi connectivity index (χ1v) is 5.28. The molecular weight excluding hydrogens is 189 g/mol. The van der Waals surface area contributed by atoms with E-state index in [9.17, 15) is 0 Å². The summed E-state index contributed by atoms with van der Waals surface area (Å²) in [5, 5.41) is 0. The van der Waals surface area contributed by atoms with Gasteiger partial charge in [0.05, 0.1) is 0 Å². The molecule has 1 aromatic carbocycles. The van der Waals surface area contributed by atoms with Crippen molar-refractivity contribution in [1.29, 1.82) is 0 Å². The van der Waals surface area contributed by atoms with Crippen LogP contribution < -0.4 is 10.4 Å². The van der Waals surface area contributed by atoms with E-state index < -0.39 is 0 Å². The van der Waals surface area contributed by atoms with E-state index in [1.54, 1.807) is 0 Å². The Morgan fingerprint density at radius 1 is 1.20 bits per heavy atom. The van der Waals surface area contributed by atoms with Crippen LogP contribution in [0.25, 0.3) is 0 Å². The van der Waals surface area contributed by atoms with Gasteiger partial charge in [-0.2, -0.15) is 0 Å². The first kappa shape index (κ1) is 10.5. The molecule has 0 saturated carbocycles. The van der Waals surface area contributed by atoms with Gasteiger partial charge in [-0.15, -0.1) is 0 Å². The molecule has 4 heteroatoms. The van der Waals surface area contributed by atoms with Gasteiger partial charge in [0.1, 0.15) is 0 Å². The second-order valence-electron chi connectivity index (χ2n) is 3.92. The Morgan fingerprint density at radius 3 is 2.60 bits per heavy atom. The fraction of sp³-hybridized carbons (Fsp3) is 0.455. The van der Waals surface area contributed by atoms with Gasteiger partial charge in [-0.1, -0.05) is 12.1 Å². The molecular formula is C11H16BNO2. The van der Waals surface area contributed by atoms with E-state index in [4.69, 9.17) is 9.31 Å². The second-order valence-corrected chi connectivity index (χ2v) is 3.92. The standard InChI is InChI=1S/C11H16BNO2/c1-13(2)11-6-3-5-10(9-11)12-14-7-4-8-15-12/h3,5-6,9H,4,7-8H2,1-2H3. The molecule has 0 unspecified atom stereocenters. The highest BCUT2D eigenvalue weighted by molar-refractivity contribution is 6.61. The lowest BCUT2D eigenvalue weighted by molar-refractivity contribution is 0.143. The Hall–Kier alpha value is -0.995. The molecule has 0 atom stereocenters. The van der Waals surface area contributed by atoms with Gasteiger partial charge in [0.15, 0.2) is 0 Å². The van der Waals surface area contributed by atoms with E-state index in [-0.39, 0.29) is 7.12 Å². The zero-order valence-corrected chi connectivity index (χ0v) is 9.27. The van der Waals surface area contributed by atoms with Gasteiger partial charge >= 0.3 is 7.12 Å². The predicted molar refractivity (Wildman–Crippen MR) is 62.7 cm³/mol.